The second-order valence-corrected chi connectivity index (χ2v) is 6.65. The molecule has 0 saturated heterocycles. The third-order valence-corrected chi connectivity index (χ3v) is 4.37. The molecule has 0 aliphatic carbocycles. The van der Waals surface area contributed by atoms with Gasteiger partial charge in [0.2, 0.25) is 5.91 Å². The average molecular weight is 352 g/mol. The van der Waals surface area contributed by atoms with Gasteiger partial charge in [-0.3, -0.25) is 9.59 Å². The highest BCUT2D eigenvalue weighted by atomic mass is 32.1. The van der Waals surface area contributed by atoms with Crippen molar-refractivity contribution in [1.82, 2.24) is 9.78 Å². The monoisotopic (exact) mass is 352 g/mol. The maximum Gasteiger partial charge on any atom is 0.269 e. The van der Waals surface area contributed by atoms with Gasteiger partial charge in [0.15, 0.2) is 0 Å². The Morgan fingerprint density at radius 1 is 1.16 bits per heavy atom. The lowest BCUT2D eigenvalue weighted by Gasteiger charge is -2.05. The number of amides is 2. The Kier molecular flexibility index (Phi) is 4.76. The van der Waals surface area contributed by atoms with E-state index in [1.165, 1.54) is 11.0 Å². The first-order valence-electron chi connectivity index (χ1n) is 7.53. The lowest BCUT2D eigenvalue weighted by Crippen LogP contribution is -2.12. The van der Waals surface area contributed by atoms with Crippen LogP contribution in [0.3, 0.4) is 0 Å². The number of nitrogens with zero attached hydrogens (tertiary/aromatic N) is 2. The second-order valence-electron chi connectivity index (χ2n) is 5.33. The molecule has 2 aromatic heterocycles. The summed E-state index contributed by atoms with van der Waals surface area (Å²) >= 11 is 1.63. The van der Waals surface area contributed by atoms with Crippen molar-refractivity contribution in [3.63, 3.8) is 0 Å². The van der Waals surface area contributed by atoms with Crippen molar-refractivity contribution in [2.45, 2.75) is 6.92 Å². The number of carbonyl (C=O) groups excluding carboxylic acids is 2. The van der Waals surface area contributed by atoms with Gasteiger partial charge in [-0.25, -0.2) is 4.68 Å². The van der Waals surface area contributed by atoms with Crippen LogP contribution in [0.15, 0.2) is 54.7 Å². The summed E-state index contributed by atoms with van der Waals surface area (Å²) < 4.78 is 1.55. The van der Waals surface area contributed by atoms with E-state index < -0.39 is 5.91 Å². The molecule has 0 unspecified atom stereocenters. The number of anilines is 1. The fraction of sp³-hybridized carbons (Fsp3) is 0.0556. The molecule has 1 aromatic carbocycles. The van der Waals surface area contributed by atoms with Gasteiger partial charge in [-0.2, -0.15) is 5.10 Å². The number of hydrogen-bond donors (Lipinski definition) is 2. The molecule has 2 heterocycles. The van der Waals surface area contributed by atoms with Crippen LogP contribution in [0.5, 0.6) is 0 Å². The fourth-order valence-electron chi connectivity index (χ4n) is 2.18. The molecular weight excluding hydrogens is 336 g/mol. The summed E-state index contributed by atoms with van der Waals surface area (Å²) in [6.07, 6.45) is 4.95. The molecule has 126 valence electrons. The molecule has 7 heteroatoms. The molecule has 25 heavy (non-hydrogen) atoms. The standard InChI is InChI=1S/C18H16N4O2S/c1-12-2-7-15(25-12)8-9-17(23)20-13-3-5-14(6-4-13)22-11-10-16(21-22)18(19)24/h2-11H,1H3,(H2,19,24)(H,20,23). The van der Waals surface area contributed by atoms with E-state index in [1.54, 1.807) is 58.6 Å². The van der Waals surface area contributed by atoms with E-state index >= 15 is 0 Å². The molecule has 0 aliphatic heterocycles. The van der Waals surface area contributed by atoms with E-state index in [-0.39, 0.29) is 11.6 Å². The van der Waals surface area contributed by atoms with Crippen molar-refractivity contribution in [2.24, 2.45) is 5.73 Å². The van der Waals surface area contributed by atoms with Crippen molar-refractivity contribution in [1.29, 1.82) is 0 Å². The van der Waals surface area contributed by atoms with E-state index in [0.29, 0.717) is 5.69 Å². The first kappa shape index (κ1) is 16.7. The van der Waals surface area contributed by atoms with Gasteiger partial charge in [0.25, 0.3) is 5.91 Å². The largest absolute Gasteiger partial charge is 0.364 e. The van der Waals surface area contributed by atoms with Crippen molar-refractivity contribution < 1.29 is 9.59 Å². The Bertz CT molecular complexity index is 938. The smallest absolute Gasteiger partial charge is 0.269 e. The Morgan fingerprint density at radius 2 is 1.92 bits per heavy atom. The number of benzene rings is 1. The summed E-state index contributed by atoms with van der Waals surface area (Å²) in [7, 11) is 0. The van der Waals surface area contributed by atoms with Gasteiger partial charge in [-0.15, -0.1) is 11.3 Å². The molecule has 3 rings (SSSR count). The van der Waals surface area contributed by atoms with E-state index in [0.717, 1.165) is 10.6 Å². The van der Waals surface area contributed by atoms with Crippen LogP contribution < -0.4 is 11.1 Å². The number of nitrogens with two attached hydrogens (primary N) is 1. The Balaban J connectivity index is 1.64. The van der Waals surface area contributed by atoms with Crippen LogP contribution in [0.2, 0.25) is 0 Å². The maximum absolute atomic E-state index is 12.0. The van der Waals surface area contributed by atoms with Crippen LogP contribution >= 0.6 is 11.3 Å². The van der Waals surface area contributed by atoms with Gasteiger partial charge < -0.3 is 11.1 Å². The molecule has 0 radical (unpaired) electrons. The van der Waals surface area contributed by atoms with Crippen molar-refractivity contribution in [3.8, 4) is 5.69 Å². The summed E-state index contributed by atoms with van der Waals surface area (Å²) in [5.74, 6) is -0.774. The molecule has 2 amide bonds. The van der Waals surface area contributed by atoms with Gasteiger partial charge in [-0.1, -0.05) is 0 Å². The number of hydrogen-bond acceptors (Lipinski definition) is 4. The molecular formula is C18H16N4O2S. The fourth-order valence-corrected chi connectivity index (χ4v) is 2.96. The molecule has 0 aliphatic rings. The van der Waals surface area contributed by atoms with Crippen LogP contribution in [-0.2, 0) is 4.79 Å². The van der Waals surface area contributed by atoms with Crippen LogP contribution in [0.25, 0.3) is 11.8 Å². The molecule has 0 fully saturated rings. The minimum atomic E-state index is -0.574. The topological polar surface area (TPSA) is 90.0 Å². The summed E-state index contributed by atoms with van der Waals surface area (Å²) in [4.78, 5) is 25.3. The zero-order chi connectivity index (χ0) is 17.8. The molecule has 3 aromatic rings. The van der Waals surface area contributed by atoms with Gasteiger partial charge in [0, 0.05) is 27.7 Å². The van der Waals surface area contributed by atoms with E-state index in [9.17, 15) is 9.59 Å². The molecule has 3 N–H and O–H groups in total. The van der Waals surface area contributed by atoms with Crippen LogP contribution in [0.4, 0.5) is 5.69 Å². The number of primary amides is 1. The molecule has 0 spiro atoms. The Labute approximate surface area is 148 Å². The average Bonchev–Trinajstić information content (AvgIpc) is 3.23. The summed E-state index contributed by atoms with van der Waals surface area (Å²) in [5, 5.41) is 6.88. The van der Waals surface area contributed by atoms with Gasteiger partial charge in [-0.05, 0) is 55.5 Å². The lowest BCUT2D eigenvalue weighted by atomic mass is 10.2. The molecule has 0 atom stereocenters. The van der Waals surface area contributed by atoms with Crippen molar-refractivity contribution in [2.75, 3.05) is 5.32 Å². The third-order valence-electron chi connectivity index (χ3n) is 3.40. The highest BCUT2D eigenvalue weighted by molar-refractivity contribution is 7.12. The minimum absolute atomic E-state index is 0.200. The van der Waals surface area contributed by atoms with Gasteiger partial charge in [0.05, 0.1) is 5.69 Å². The van der Waals surface area contributed by atoms with Crippen molar-refractivity contribution in [3.05, 3.63) is 70.2 Å². The van der Waals surface area contributed by atoms with E-state index in [2.05, 4.69) is 10.4 Å². The lowest BCUT2D eigenvalue weighted by molar-refractivity contribution is -0.111. The zero-order valence-corrected chi connectivity index (χ0v) is 14.3. The predicted molar refractivity (Wildman–Crippen MR) is 98.8 cm³/mol. The van der Waals surface area contributed by atoms with Crippen LogP contribution in [-0.4, -0.2) is 21.6 Å². The number of aromatic nitrogens is 2. The number of aryl methyl sites for hydroxylation is 1. The summed E-state index contributed by atoms with van der Waals surface area (Å²) in [5.41, 5.74) is 6.82. The van der Waals surface area contributed by atoms with Gasteiger partial charge in [0.1, 0.15) is 5.69 Å². The SMILES string of the molecule is Cc1ccc(C=CC(=O)Nc2ccc(-n3ccc(C(N)=O)n3)cc2)s1. The van der Waals surface area contributed by atoms with Gasteiger partial charge >= 0.3 is 0 Å². The van der Waals surface area contributed by atoms with Crippen LogP contribution in [0, 0.1) is 6.92 Å². The minimum Gasteiger partial charge on any atom is -0.364 e. The van der Waals surface area contributed by atoms with E-state index in [1.807, 2.05) is 19.1 Å². The number of carbonyl (C=O) groups is 2. The predicted octanol–water partition coefficient (Wildman–Crippen LogP) is 2.99. The summed E-state index contributed by atoms with van der Waals surface area (Å²) in [6.45, 7) is 2.02. The van der Waals surface area contributed by atoms with Crippen LogP contribution in [0.1, 0.15) is 20.2 Å². The normalized spacial score (nSPS) is 10.9. The maximum atomic E-state index is 12.0. The number of nitrogens with one attached hydrogen (secondary N) is 1. The first-order valence-corrected chi connectivity index (χ1v) is 8.34. The van der Waals surface area contributed by atoms with E-state index in [4.69, 9.17) is 5.73 Å². The molecule has 0 bridgehead atoms. The number of thiophene rings is 1. The second kappa shape index (κ2) is 7.14. The molecule has 0 saturated carbocycles. The third kappa shape index (κ3) is 4.21. The zero-order valence-electron chi connectivity index (χ0n) is 13.5. The Morgan fingerprint density at radius 3 is 2.52 bits per heavy atom. The molecule has 6 nitrogen and oxygen atoms in total. The highest BCUT2D eigenvalue weighted by Crippen LogP contribution is 2.17. The summed E-state index contributed by atoms with van der Waals surface area (Å²) in [6, 6.07) is 12.7. The highest BCUT2D eigenvalue weighted by Gasteiger charge is 2.06. The van der Waals surface area contributed by atoms with Crippen molar-refractivity contribution >= 4 is 34.9 Å². The number of rotatable bonds is 5. The Hall–Kier alpha value is -3.19. The first-order chi connectivity index (χ1) is 12.0. The quantitative estimate of drug-likeness (QED) is 0.692.